The molecule has 8 nitrogen and oxygen atoms in total. The van der Waals surface area contributed by atoms with Crippen molar-refractivity contribution in [2.45, 2.75) is 32.6 Å². The summed E-state index contributed by atoms with van der Waals surface area (Å²) in [6, 6.07) is 7.64. The number of piperazine rings is 1. The molecule has 0 saturated carbocycles. The summed E-state index contributed by atoms with van der Waals surface area (Å²) in [6.45, 7) is 7.60. The Hall–Kier alpha value is -1.52. The number of ether oxygens (including phenoxy) is 1. The second-order valence-electron chi connectivity index (χ2n) is 8.16. The highest BCUT2D eigenvalue weighted by Crippen LogP contribution is 2.19. The van der Waals surface area contributed by atoms with E-state index in [2.05, 4.69) is 4.90 Å². The zero-order valence-corrected chi connectivity index (χ0v) is 18.6. The highest BCUT2D eigenvalue weighted by Gasteiger charge is 2.36. The van der Waals surface area contributed by atoms with E-state index in [9.17, 15) is 13.2 Å². The summed E-state index contributed by atoms with van der Waals surface area (Å²) in [5.41, 5.74) is 1.73. The predicted octanol–water partition coefficient (Wildman–Crippen LogP) is 0.860. The summed E-state index contributed by atoms with van der Waals surface area (Å²) >= 11 is 0. The van der Waals surface area contributed by atoms with Gasteiger partial charge in [-0.25, -0.2) is 0 Å². The van der Waals surface area contributed by atoms with Crippen LogP contribution < -0.4 is 0 Å². The summed E-state index contributed by atoms with van der Waals surface area (Å²) in [5.74, 6) is -0.0169. The number of hydrogen-bond acceptors (Lipinski definition) is 5. The molecule has 2 fully saturated rings. The van der Waals surface area contributed by atoms with E-state index in [1.807, 2.05) is 38.1 Å². The average Bonchev–Trinajstić information content (AvgIpc) is 2.67. The van der Waals surface area contributed by atoms with Crippen molar-refractivity contribution in [1.29, 1.82) is 0 Å². The van der Waals surface area contributed by atoms with Gasteiger partial charge in [-0.2, -0.15) is 17.0 Å². The highest BCUT2D eigenvalue weighted by molar-refractivity contribution is 7.86. The van der Waals surface area contributed by atoms with E-state index in [4.69, 9.17) is 4.74 Å². The quantitative estimate of drug-likeness (QED) is 0.701. The van der Waals surface area contributed by atoms with Gasteiger partial charge in [-0.3, -0.25) is 9.69 Å². The molecule has 2 aliphatic heterocycles. The third-order valence-corrected chi connectivity index (χ3v) is 7.32. The molecule has 2 saturated heterocycles. The van der Waals surface area contributed by atoms with Crippen LogP contribution >= 0.6 is 0 Å². The molecule has 1 amide bonds. The fourth-order valence-corrected chi connectivity index (χ4v) is 5.67. The van der Waals surface area contributed by atoms with E-state index in [0.29, 0.717) is 51.4 Å². The number of hydrogen-bond donors (Lipinski definition) is 0. The summed E-state index contributed by atoms with van der Waals surface area (Å²) in [7, 11) is 0.0165. The molecule has 0 bridgehead atoms. The van der Waals surface area contributed by atoms with Crippen molar-refractivity contribution in [1.82, 2.24) is 18.4 Å². The van der Waals surface area contributed by atoms with Gasteiger partial charge in [0.2, 0.25) is 0 Å². The third-order valence-electron chi connectivity index (χ3n) is 5.36. The van der Waals surface area contributed by atoms with Crippen molar-refractivity contribution in [2.24, 2.45) is 0 Å². The summed E-state index contributed by atoms with van der Waals surface area (Å²) in [6.07, 6.45) is -0.182. The SMILES string of the molecule is CC1CN(S(=O)(=O)N2CCN(Cc3cccc(C(=O)N(C)C)c3)CC2)CC(C)O1. The van der Waals surface area contributed by atoms with Gasteiger partial charge in [0.15, 0.2) is 0 Å². The Balaban J connectivity index is 1.58. The monoisotopic (exact) mass is 424 g/mol. The molecule has 0 N–H and O–H groups in total. The first-order chi connectivity index (χ1) is 13.7. The van der Waals surface area contributed by atoms with E-state index < -0.39 is 10.2 Å². The Bertz CT molecular complexity index is 812. The molecule has 0 aliphatic carbocycles. The molecule has 3 rings (SSSR count). The first-order valence-electron chi connectivity index (χ1n) is 10.1. The Labute approximate surface area is 174 Å². The van der Waals surface area contributed by atoms with Gasteiger partial charge in [-0.15, -0.1) is 0 Å². The smallest absolute Gasteiger partial charge is 0.282 e. The predicted molar refractivity (Wildman–Crippen MR) is 112 cm³/mol. The fraction of sp³-hybridized carbons (Fsp3) is 0.650. The average molecular weight is 425 g/mol. The van der Waals surface area contributed by atoms with Crippen molar-refractivity contribution in [3.63, 3.8) is 0 Å². The molecule has 0 radical (unpaired) electrons. The molecular formula is C20H32N4O4S. The number of amides is 1. The lowest BCUT2D eigenvalue weighted by molar-refractivity contribution is -0.0457. The number of rotatable bonds is 5. The third kappa shape index (κ3) is 5.35. The van der Waals surface area contributed by atoms with Gasteiger partial charge in [0.25, 0.3) is 16.1 Å². The Morgan fingerprint density at radius 2 is 1.69 bits per heavy atom. The number of morpholine rings is 1. The first kappa shape index (κ1) is 22.2. The van der Waals surface area contributed by atoms with E-state index in [-0.39, 0.29) is 18.1 Å². The first-order valence-corrected chi connectivity index (χ1v) is 11.5. The lowest BCUT2D eigenvalue weighted by atomic mass is 10.1. The molecular weight excluding hydrogens is 392 g/mol. The molecule has 162 valence electrons. The van der Waals surface area contributed by atoms with Gasteiger partial charge in [-0.05, 0) is 31.5 Å². The lowest BCUT2D eigenvalue weighted by Crippen LogP contribution is -2.57. The van der Waals surface area contributed by atoms with Crippen LogP contribution in [0.25, 0.3) is 0 Å². The number of benzene rings is 1. The van der Waals surface area contributed by atoms with Crippen LogP contribution in [0, 0.1) is 0 Å². The zero-order chi connectivity index (χ0) is 21.2. The topological polar surface area (TPSA) is 73.4 Å². The fourth-order valence-electron chi connectivity index (χ4n) is 3.92. The Morgan fingerprint density at radius 3 is 2.28 bits per heavy atom. The second kappa shape index (κ2) is 9.09. The van der Waals surface area contributed by atoms with Gasteiger partial charge in [0.05, 0.1) is 12.2 Å². The van der Waals surface area contributed by atoms with Crippen molar-refractivity contribution < 1.29 is 17.9 Å². The largest absolute Gasteiger partial charge is 0.373 e. The van der Waals surface area contributed by atoms with E-state index in [1.54, 1.807) is 27.6 Å². The molecule has 29 heavy (non-hydrogen) atoms. The van der Waals surface area contributed by atoms with Crippen LogP contribution in [-0.4, -0.2) is 98.3 Å². The molecule has 2 unspecified atom stereocenters. The summed E-state index contributed by atoms with van der Waals surface area (Å²) < 4.78 is 34.8. The number of carbonyl (C=O) groups excluding carboxylic acids is 1. The van der Waals surface area contributed by atoms with Gasteiger partial charge in [0.1, 0.15) is 0 Å². The van der Waals surface area contributed by atoms with Gasteiger partial charge < -0.3 is 9.64 Å². The van der Waals surface area contributed by atoms with E-state index >= 15 is 0 Å². The van der Waals surface area contributed by atoms with Crippen molar-refractivity contribution in [3.05, 3.63) is 35.4 Å². The lowest BCUT2D eigenvalue weighted by Gasteiger charge is -2.40. The standard InChI is InChI=1S/C20H32N4O4S/c1-16-13-24(14-17(2)28-16)29(26,27)23-10-8-22(9-11-23)15-18-6-5-7-19(12-18)20(25)21(3)4/h5-7,12,16-17H,8-11,13-15H2,1-4H3. The normalized spacial score (nSPS) is 25.1. The van der Waals surface area contributed by atoms with Crippen LogP contribution in [0.5, 0.6) is 0 Å². The van der Waals surface area contributed by atoms with Crippen LogP contribution in [0.4, 0.5) is 0 Å². The van der Waals surface area contributed by atoms with E-state index in [0.717, 1.165) is 5.56 Å². The van der Waals surface area contributed by atoms with Gasteiger partial charge in [0, 0.05) is 65.5 Å². The maximum atomic E-state index is 13.0. The zero-order valence-electron chi connectivity index (χ0n) is 17.7. The van der Waals surface area contributed by atoms with Crippen molar-refractivity contribution in [3.8, 4) is 0 Å². The number of carbonyl (C=O) groups is 1. The van der Waals surface area contributed by atoms with Crippen LogP contribution in [0.2, 0.25) is 0 Å². The molecule has 2 atom stereocenters. The van der Waals surface area contributed by atoms with Crippen LogP contribution in [0.3, 0.4) is 0 Å². The minimum absolute atomic E-state index is 0.0169. The van der Waals surface area contributed by atoms with Crippen LogP contribution in [-0.2, 0) is 21.5 Å². The van der Waals surface area contributed by atoms with Gasteiger partial charge in [-0.1, -0.05) is 12.1 Å². The maximum Gasteiger partial charge on any atom is 0.282 e. The van der Waals surface area contributed by atoms with E-state index in [1.165, 1.54) is 0 Å². The molecule has 9 heteroatoms. The molecule has 0 spiro atoms. The van der Waals surface area contributed by atoms with Crippen molar-refractivity contribution in [2.75, 3.05) is 53.4 Å². The molecule has 2 aliphatic rings. The summed E-state index contributed by atoms with van der Waals surface area (Å²) in [4.78, 5) is 16.0. The Morgan fingerprint density at radius 1 is 1.07 bits per heavy atom. The van der Waals surface area contributed by atoms with Crippen molar-refractivity contribution >= 4 is 16.1 Å². The minimum Gasteiger partial charge on any atom is -0.373 e. The van der Waals surface area contributed by atoms with Gasteiger partial charge >= 0.3 is 0 Å². The number of nitrogens with zero attached hydrogens (tertiary/aromatic N) is 4. The molecule has 2 heterocycles. The highest BCUT2D eigenvalue weighted by atomic mass is 32.2. The molecule has 1 aromatic carbocycles. The Kier molecular flexibility index (Phi) is 6.95. The molecule has 1 aromatic rings. The van der Waals surface area contributed by atoms with Crippen LogP contribution in [0.1, 0.15) is 29.8 Å². The maximum absolute atomic E-state index is 13.0. The minimum atomic E-state index is -3.46. The summed E-state index contributed by atoms with van der Waals surface area (Å²) in [5, 5.41) is 0. The second-order valence-corrected chi connectivity index (χ2v) is 10.1. The van der Waals surface area contributed by atoms with Crippen LogP contribution in [0.15, 0.2) is 24.3 Å². The molecule has 0 aromatic heterocycles.